The van der Waals surface area contributed by atoms with Crippen LogP contribution in [-0.2, 0) is 11.2 Å². The van der Waals surface area contributed by atoms with Crippen molar-refractivity contribution in [2.75, 3.05) is 5.32 Å². The number of amides is 1. The molecule has 0 unspecified atom stereocenters. The summed E-state index contributed by atoms with van der Waals surface area (Å²) in [6.45, 7) is 1.70. The predicted molar refractivity (Wildman–Crippen MR) is 83.3 cm³/mol. The van der Waals surface area contributed by atoms with Gasteiger partial charge in [0, 0.05) is 17.7 Å². The van der Waals surface area contributed by atoms with Crippen molar-refractivity contribution in [3.05, 3.63) is 73.8 Å². The van der Waals surface area contributed by atoms with Gasteiger partial charge in [0.15, 0.2) is 0 Å². The quantitative estimate of drug-likeness (QED) is 0.672. The van der Waals surface area contributed by atoms with Crippen LogP contribution in [0.5, 0.6) is 0 Å². The van der Waals surface area contributed by atoms with Crippen LogP contribution in [0.25, 0.3) is 0 Å². The van der Waals surface area contributed by atoms with Gasteiger partial charge >= 0.3 is 0 Å². The number of nitro benzene ring substituents is 2. The molecule has 0 saturated heterocycles. The lowest BCUT2D eigenvalue weighted by molar-refractivity contribution is -0.385. The highest BCUT2D eigenvalue weighted by atomic mass is 16.6. The average molecular weight is 315 g/mol. The third-order valence-electron chi connectivity index (χ3n) is 3.16. The molecule has 0 aliphatic rings. The second-order valence-electron chi connectivity index (χ2n) is 4.89. The Labute approximate surface area is 131 Å². The van der Waals surface area contributed by atoms with Gasteiger partial charge in [-0.1, -0.05) is 24.3 Å². The molecule has 1 amide bonds. The summed E-state index contributed by atoms with van der Waals surface area (Å²) in [5.41, 5.74) is 0.601. The van der Waals surface area contributed by atoms with Gasteiger partial charge in [-0.25, -0.2) is 0 Å². The summed E-state index contributed by atoms with van der Waals surface area (Å²) in [6.07, 6.45) is -0.248. The summed E-state index contributed by atoms with van der Waals surface area (Å²) in [4.78, 5) is 32.8. The van der Waals surface area contributed by atoms with Crippen LogP contribution in [0.4, 0.5) is 17.1 Å². The first kappa shape index (κ1) is 16.1. The third kappa shape index (κ3) is 3.88. The fourth-order valence-electron chi connectivity index (χ4n) is 2.10. The Morgan fingerprint density at radius 1 is 1.04 bits per heavy atom. The molecule has 0 aliphatic heterocycles. The lowest BCUT2D eigenvalue weighted by Crippen LogP contribution is -2.16. The Balaban J connectivity index is 2.21. The van der Waals surface area contributed by atoms with E-state index in [2.05, 4.69) is 5.32 Å². The molecule has 23 heavy (non-hydrogen) atoms. The fourth-order valence-corrected chi connectivity index (χ4v) is 2.10. The Kier molecular flexibility index (Phi) is 4.65. The highest BCUT2D eigenvalue weighted by molar-refractivity contribution is 5.94. The van der Waals surface area contributed by atoms with Crippen molar-refractivity contribution < 1.29 is 14.6 Å². The number of aryl methyl sites for hydroxylation is 1. The van der Waals surface area contributed by atoms with Crippen LogP contribution in [0, 0.1) is 27.2 Å². The monoisotopic (exact) mass is 315 g/mol. The van der Waals surface area contributed by atoms with Crippen LogP contribution in [-0.4, -0.2) is 15.8 Å². The molecule has 0 heterocycles. The van der Waals surface area contributed by atoms with Crippen LogP contribution in [0.15, 0.2) is 42.5 Å². The van der Waals surface area contributed by atoms with E-state index in [0.717, 1.165) is 0 Å². The highest BCUT2D eigenvalue weighted by Gasteiger charge is 2.19. The molecule has 0 saturated carbocycles. The molecule has 0 bridgehead atoms. The number of nitrogens with one attached hydrogen (secondary N) is 1. The van der Waals surface area contributed by atoms with Gasteiger partial charge in [0.1, 0.15) is 5.69 Å². The Morgan fingerprint density at radius 2 is 1.70 bits per heavy atom. The van der Waals surface area contributed by atoms with Crippen LogP contribution in [0.2, 0.25) is 0 Å². The number of carbonyl (C=O) groups is 1. The summed E-state index contributed by atoms with van der Waals surface area (Å²) in [6, 6.07) is 10.3. The largest absolute Gasteiger partial charge is 0.320 e. The van der Waals surface area contributed by atoms with Crippen LogP contribution in [0.3, 0.4) is 0 Å². The van der Waals surface area contributed by atoms with E-state index in [9.17, 15) is 25.0 Å². The smallest absolute Gasteiger partial charge is 0.293 e. The van der Waals surface area contributed by atoms with Crippen molar-refractivity contribution >= 4 is 23.0 Å². The molecule has 2 aromatic rings. The van der Waals surface area contributed by atoms with Crippen molar-refractivity contribution in [1.29, 1.82) is 0 Å². The van der Waals surface area contributed by atoms with Crippen LogP contribution >= 0.6 is 0 Å². The van der Waals surface area contributed by atoms with Gasteiger partial charge in [0.25, 0.3) is 11.4 Å². The first-order chi connectivity index (χ1) is 10.9. The molecule has 1 N–H and O–H groups in total. The molecule has 2 aromatic carbocycles. The molecule has 2 rings (SSSR count). The lowest BCUT2D eigenvalue weighted by Gasteiger charge is -2.07. The van der Waals surface area contributed by atoms with Gasteiger partial charge in [-0.2, -0.15) is 0 Å². The van der Waals surface area contributed by atoms with Gasteiger partial charge < -0.3 is 5.32 Å². The summed E-state index contributed by atoms with van der Waals surface area (Å²) < 4.78 is 0. The Bertz CT molecular complexity index is 788. The van der Waals surface area contributed by atoms with Crippen molar-refractivity contribution in [3.63, 3.8) is 0 Å². The van der Waals surface area contributed by atoms with Gasteiger partial charge in [0.05, 0.1) is 16.3 Å². The minimum Gasteiger partial charge on any atom is -0.320 e. The first-order valence-corrected chi connectivity index (χ1v) is 6.65. The number of benzene rings is 2. The van der Waals surface area contributed by atoms with Gasteiger partial charge in [-0.05, 0) is 18.6 Å². The number of nitrogens with zero attached hydrogens (tertiary/aromatic N) is 2. The number of hydrogen-bond donors (Lipinski definition) is 1. The third-order valence-corrected chi connectivity index (χ3v) is 3.16. The molecular weight excluding hydrogens is 302 g/mol. The fraction of sp³-hybridized carbons (Fsp3) is 0.133. The second-order valence-corrected chi connectivity index (χ2v) is 4.89. The minimum absolute atomic E-state index is 0.0594. The number of rotatable bonds is 5. The number of para-hydroxylation sites is 1. The van der Waals surface area contributed by atoms with Crippen LogP contribution < -0.4 is 5.32 Å². The highest BCUT2D eigenvalue weighted by Crippen LogP contribution is 2.26. The predicted octanol–water partition coefficient (Wildman–Crippen LogP) is 2.99. The van der Waals surface area contributed by atoms with Crippen molar-refractivity contribution in [3.8, 4) is 0 Å². The van der Waals surface area contributed by atoms with Crippen molar-refractivity contribution in [1.82, 2.24) is 0 Å². The maximum absolute atomic E-state index is 12.1. The number of anilines is 1. The SMILES string of the molecule is Cc1ccc(NC(=O)Cc2ccccc2[N+](=O)[O-])c([N+](=O)[O-])c1. The molecular formula is C15H13N3O5. The number of carbonyl (C=O) groups excluding carboxylic acids is 1. The topological polar surface area (TPSA) is 115 Å². The zero-order valence-electron chi connectivity index (χ0n) is 12.2. The maximum Gasteiger partial charge on any atom is 0.293 e. The van der Waals surface area contributed by atoms with Gasteiger partial charge in [-0.3, -0.25) is 25.0 Å². The van der Waals surface area contributed by atoms with E-state index in [4.69, 9.17) is 0 Å². The van der Waals surface area contributed by atoms with Gasteiger partial charge in [-0.15, -0.1) is 0 Å². The Morgan fingerprint density at radius 3 is 2.35 bits per heavy atom. The summed E-state index contributed by atoms with van der Waals surface area (Å²) >= 11 is 0. The number of nitro groups is 2. The van der Waals surface area contributed by atoms with E-state index in [1.165, 1.54) is 30.3 Å². The Hall–Kier alpha value is -3.29. The van der Waals surface area contributed by atoms with Gasteiger partial charge in [0.2, 0.25) is 5.91 Å². The molecule has 0 aliphatic carbocycles. The van der Waals surface area contributed by atoms with E-state index >= 15 is 0 Å². The molecule has 8 heteroatoms. The molecule has 0 radical (unpaired) electrons. The second kappa shape index (κ2) is 6.65. The molecule has 0 fully saturated rings. The molecule has 0 spiro atoms. The molecule has 0 atom stereocenters. The number of hydrogen-bond acceptors (Lipinski definition) is 5. The van der Waals surface area contributed by atoms with E-state index in [0.29, 0.717) is 5.56 Å². The zero-order chi connectivity index (χ0) is 17.0. The minimum atomic E-state index is -0.590. The van der Waals surface area contributed by atoms with E-state index in [1.54, 1.807) is 19.1 Å². The summed E-state index contributed by atoms with van der Waals surface area (Å²) in [5, 5.41) is 24.4. The van der Waals surface area contributed by atoms with Crippen molar-refractivity contribution in [2.24, 2.45) is 0 Å². The molecule has 0 aromatic heterocycles. The summed E-state index contributed by atoms with van der Waals surface area (Å²) in [5.74, 6) is -0.564. The standard InChI is InChI=1S/C15H13N3O5/c1-10-6-7-12(14(8-10)18(22)23)16-15(19)9-11-4-2-3-5-13(11)17(20)21/h2-8H,9H2,1H3,(H,16,19). The van der Waals surface area contributed by atoms with Crippen molar-refractivity contribution in [2.45, 2.75) is 13.3 Å². The zero-order valence-corrected chi connectivity index (χ0v) is 12.2. The maximum atomic E-state index is 12.1. The normalized spacial score (nSPS) is 10.1. The molecule has 118 valence electrons. The average Bonchev–Trinajstić information content (AvgIpc) is 2.49. The molecule has 8 nitrogen and oxygen atoms in total. The summed E-state index contributed by atoms with van der Waals surface area (Å²) in [7, 11) is 0. The lowest BCUT2D eigenvalue weighted by atomic mass is 10.1. The van der Waals surface area contributed by atoms with E-state index in [-0.39, 0.29) is 29.0 Å². The first-order valence-electron chi connectivity index (χ1n) is 6.65. The van der Waals surface area contributed by atoms with E-state index < -0.39 is 15.8 Å². The van der Waals surface area contributed by atoms with E-state index in [1.807, 2.05) is 0 Å². The van der Waals surface area contributed by atoms with Crippen LogP contribution in [0.1, 0.15) is 11.1 Å².